The molecule has 0 aliphatic carbocycles. The summed E-state index contributed by atoms with van der Waals surface area (Å²) in [4.78, 5) is 26.1. The molecule has 4 rings (SSSR count). The molecule has 1 aromatic heterocycles. The van der Waals surface area contributed by atoms with Crippen molar-refractivity contribution in [1.82, 2.24) is 20.2 Å². The van der Waals surface area contributed by atoms with Gasteiger partial charge in [0.15, 0.2) is 0 Å². The smallest absolute Gasteiger partial charge is 0.254 e. The van der Waals surface area contributed by atoms with Gasteiger partial charge in [-0.25, -0.2) is 9.97 Å². The zero-order chi connectivity index (χ0) is 17.8. The molecule has 1 amide bonds. The Morgan fingerprint density at radius 3 is 2.69 bits per heavy atom. The lowest BCUT2D eigenvalue weighted by Gasteiger charge is -2.24. The molecule has 2 fully saturated rings. The molecule has 1 atom stereocenters. The van der Waals surface area contributed by atoms with E-state index in [9.17, 15) is 4.79 Å². The second kappa shape index (κ2) is 7.83. The molecule has 0 saturated carbocycles. The number of nitrogens with zero attached hydrogens (tertiary/aromatic N) is 4. The zero-order valence-corrected chi connectivity index (χ0v) is 15.0. The summed E-state index contributed by atoms with van der Waals surface area (Å²) < 4.78 is 0. The summed E-state index contributed by atoms with van der Waals surface area (Å²) in [6.45, 7) is 5.12. The number of hydrogen-bond donors (Lipinski definition) is 1. The lowest BCUT2D eigenvalue weighted by molar-refractivity contribution is 0.0765. The van der Waals surface area contributed by atoms with Crippen molar-refractivity contribution in [2.45, 2.75) is 18.8 Å². The first-order valence-corrected chi connectivity index (χ1v) is 9.44. The van der Waals surface area contributed by atoms with Crippen LogP contribution in [0.3, 0.4) is 0 Å². The third-order valence-corrected chi connectivity index (χ3v) is 5.31. The van der Waals surface area contributed by atoms with Gasteiger partial charge in [0.05, 0.1) is 0 Å². The average Bonchev–Trinajstić information content (AvgIpc) is 3.12. The Bertz CT molecular complexity index is 745. The predicted molar refractivity (Wildman–Crippen MR) is 101 cm³/mol. The highest BCUT2D eigenvalue weighted by Crippen LogP contribution is 2.26. The third kappa shape index (κ3) is 3.55. The lowest BCUT2D eigenvalue weighted by atomic mass is 9.93. The average molecular weight is 351 g/mol. The molecule has 0 radical (unpaired) electrons. The van der Waals surface area contributed by atoms with Gasteiger partial charge in [0.2, 0.25) is 5.95 Å². The summed E-state index contributed by atoms with van der Waals surface area (Å²) in [5.41, 5.74) is 2.06. The van der Waals surface area contributed by atoms with Crippen LogP contribution in [0.25, 0.3) is 0 Å². The van der Waals surface area contributed by atoms with Crippen molar-refractivity contribution >= 4 is 11.9 Å². The van der Waals surface area contributed by atoms with E-state index in [0.717, 1.165) is 57.1 Å². The fourth-order valence-corrected chi connectivity index (χ4v) is 3.91. The Kier molecular flexibility index (Phi) is 5.11. The van der Waals surface area contributed by atoms with Crippen LogP contribution in [0.4, 0.5) is 5.95 Å². The van der Waals surface area contributed by atoms with E-state index in [1.165, 1.54) is 5.56 Å². The van der Waals surface area contributed by atoms with Crippen molar-refractivity contribution in [3.05, 3.63) is 53.9 Å². The number of carbonyl (C=O) groups is 1. The van der Waals surface area contributed by atoms with E-state index in [4.69, 9.17) is 0 Å². The van der Waals surface area contributed by atoms with Gasteiger partial charge in [0, 0.05) is 50.7 Å². The molecule has 136 valence electrons. The predicted octanol–water partition coefficient (Wildman–Crippen LogP) is 1.91. The number of amides is 1. The molecule has 2 aliphatic rings. The number of aromatic nitrogens is 2. The first-order valence-electron chi connectivity index (χ1n) is 9.44. The van der Waals surface area contributed by atoms with Crippen molar-refractivity contribution in [2.24, 2.45) is 0 Å². The highest BCUT2D eigenvalue weighted by atomic mass is 16.2. The van der Waals surface area contributed by atoms with E-state index in [0.29, 0.717) is 12.5 Å². The van der Waals surface area contributed by atoms with Gasteiger partial charge in [-0.05, 0) is 43.0 Å². The lowest BCUT2D eigenvalue weighted by Crippen LogP contribution is -2.36. The summed E-state index contributed by atoms with van der Waals surface area (Å²) >= 11 is 0. The van der Waals surface area contributed by atoms with Crippen LogP contribution in [0.2, 0.25) is 0 Å². The Morgan fingerprint density at radius 1 is 1.04 bits per heavy atom. The standard InChI is InChI=1S/C20H25N5O/c26-19(18-6-2-1-5-17(18)16-7-10-21-15-16)24-11-4-12-25(14-13-24)20-22-8-3-9-23-20/h1-3,5-6,8-9,16,21H,4,7,10-15H2. The van der Waals surface area contributed by atoms with E-state index in [-0.39, 0.29) is 5.91 Å². The van der Waals surface area contributed by atoms with E-state index < -0.39 is 0 Å². The maximum Gasteiger partial charge on any atom is 0.254 e. The van der Waals surface area contributed by atoms with Crippen molar-refractivity contribution in [1.29, 1.82) is 0 Å². The summed E-state index contributed by atoms with van der Waals surface area (Å²) in [5.74, 6) is 1.35. The van der Waals surface area contributed by atoms with Crippen molar-refractivity contribution in [3.8, 4) is 0 Å². The maximum absolute atomic E-state index is 13.2. The Morgan fingerprint density at radius 2 is 1.88 bits per heavy atom. The first-order chi connectivity index (χ1) is 12.8. The highest BCUT2D eigenvalue weighted by Gasteiger charge is 2.26. The second-order valence-corrected chi connectivity index (χ2v) is 6.96. The largest absolute Gasteiger partial charge is 0.339 e. The molecule has 1 N–H and O–H groups in total. The molecule has 0 bridgehead atoms. The summed E-state index contributed by atoms with van der Waals surface area (Å²) in [7, 11) is 0. The number of carbonyl (C=O) groups excluding carboxylic acids is 1. The van der Waals surface area contributed by atoms with E-state index in [1.807, 2.05) is 29.2 Å². The van der Waals surface area contributed by atoms with Crippen molar-refractivity contribution in [3.63, 3.8) is 0 Å². The van der Waals surface area contributed by atoms with Gasteiger partial charge in [0.25, 0.3) is 5.91 Å². The van der Waals surface area contributed by atoms with Crippen LogP contribution in [0.1, 0.15) is 34.7 Å². The topological polar surface area (TPSA) is 61.4 Å². The molecule has 1 aromatic carbocycles. The van der Waals surface area contributed by atoms with Crippen LogP contribution in [0.5, 0.6) is 0 Å². The van der Waals surface area contributed by atoms with Crippen LogP contribution >= 0.6 is 0 Å². The van der Waals surface area contributed by atoms with Crippen LogP contribution in [-0.4, -0.2) is 60.0 Å². The quantitative estimate of drug-likeness (QED) is 0.915. The normalized spacial score (nSPS) is 20.8. The second-order valence-electron chi connectivity index (χ2n) is 6.96. The minimum atomic E-state index is 0.156. The van der Waals surface area contributed by atoms with Crippen LogP contribution < -0.4 is 10.2 Å². The zero-order valence-electron chi connectivity index (χ0n) is 15.0. The Balaban J connectivity index is 1.49. The maximum atomic E-state index is 13.2. The van der Waals surface area contributed by atoms with Gasteiger partial charge in [-0.1, -0.05) is 18.2 Å². The first kappa shape index (κ1) is 17.0. The molecule has 26 heavy (non-hydrogen) atoms. The summed E-state index contributed by atoms with van der Waals surface area (Å²) in [5, 5.41) is 3.41. The Hall–Kier alpha value is -2.47. The van der Waals surface area contributed by atoms with Gasteiger partial charge >= 0.3 is 0 Å². The van der Waals surface area contributed by atoms with Gasteiger partial charge < -0.3 is 15.1 Å². The molecule has 3 heterocycles. The SMILES string of the molecule is O=C(c1ccccc1C1CCNC1)N1CCCN(c2ncccn2)CC1. The van der Waals surface area contributed by atoms with Crippen LogP contribution in [0.15, 0.2) is 42.7 Å². The molecular formula is C20H25N5O. The number of anilines is 1. The minimum Gasteiger partial charge on any atom is -0.339 e. The minimum absolute atomic E-state index is 0.156. The van der Waals surface area contributed by atoms with Gasteiger partial charge in [-0.15, -0.1) is 0 Å². The van der Waals surface area contributed by atoms with E-state index >= 15 is 0 Å². The highest BCUT2D eigenvalue weighted by molar-refractivity contribution is 5.96. The molecule has 1 unspecified atom stereocenters. The Labute approximate surface area is 154 Å². The molecule has 6 heteroatoms. The monoisotopic (exact) mass is 351 g/mol. The van der Waals surface area contributed by atoms with Crippen LogP contribution in [0, 0.1) is 0 Å². The van der Waals surface area contributed by atoms with E-state index in [2.05, 4.69) is 26.3 Å². The summed E-state index contributed by atoms with van der Waals surface area (Å²) in [6.07, 6.45) is 5.56. The van der Waals surface area contributed by atoms with Gasteiger partial charge in [-0.3, -0.25) is 4.79 Å². The number of rotatable bonds is 3. The number of nitrogens with one attached hydrogen (secondary N) is 1. The fraction of sp³-hybridized carbons (Fsp3) is 0.450. The molecule has 2 aliphatic heterocycles. The molecule has 0 spiro atoms. The van der Waals surface area contributed by atoms with E-state index in [1.54, 1.807) is 12.4 Å². The van der Waals surface area contributed by atoms with Crippen molar-refractivity contribution in [2.75, 3.05) is 44.2 Å². The van der Waals surface area contributed by atoms with Crippen LogP contribution in [-0.2, 0) is 0 Å². The molecule has 6 nitrogen and oxygen atoms in total. The number of hydrogen-bond acceptors (Lipinski definition) is 5. The fourth-order valence-electron chi connectivity index (χ4n) is 3.91. The third-order valence-electron chi connectivity index (χ3n) is 5.31. The molecule has 2 aromatic rings. The van der Waals surface area contributed by atoms with Gasteiger partial charge in [0.1, 0.15) is 0 Å². The molecule has 2 saturated heterocycles. The van der Waals surface area contributed by atoms with Gasteiger partial charge in [-0.2, -0.15) is 0 Å². The van der Waals surface area contributed by atoms with Crippen molar-refractivity contribution < 1.29 is 4.79 Å². The molecular weight excluding hydrogens is 326 g/mol. The summed E-state index contributed by atoms with van der Waals surface area (Å²) in [6, 6.07) is 9.94. The number of benzene rings is 1.